The normalized spacial score (nSPS) is 18.1. The number of amides is 1. The van der Waals surface area contributed by atoms with Crippen LogP contribution in [0.1, 0.15) is 25.5 Å². The number of rotatable bonds is 5. The lowest BCUT2D eigenvalue weighted by atomic mass is 10.3. The molecule has 0 aliphatic carbocycles. The molecule has 1 aromatic heterocycles. The van der Waals surface area contributed by atoms with Crippen LogP contribution in [-0.2, 0) is 11.3 Å². The maximum Gasteiger partial charge on any atom is 0.222 e. The molecule has 4 heteroatoms. The fourth-order valence-corrected chi connectivity index (χ4v) is 1.98. The first kappa shape index (κ1) is 11.2. The van der Waals surface area contributed by atoms with E-state index in [-0.39, 0.29) is 5.91 Å². The zero-order valence-corrected chi connectivity index (χ0v) is 9.61. The van der Waals surface area contributed by atoms with Crippen LogP contribution in [0, 0.1) is 0 Å². The molecule has 0 aromatic carbocycles. The first-order valence-electron chi connectivity index (χ1n) is 5.79. The average Bonchev–Trinajstić information content (AvgIpc) is 2.88. The standard InChI is InChI=1S/C12H18N2O2/c1-10(9-14-6-2-5-12(14)15)13-8-11-4-3-7-16-11/h3-4,7,10,13H,2,5-6,8-9H2,1H3. The number of nitrogens with zero attached hydrogens (tertiary/aromatic N) is 1. The molecule has 16 heavy (non-hydrogen) atoms. The van der Waals surface area contributed by atoms with Crippen LogP contribution in [0.4, 0.5) is 0 Å². The highest BCUT2D eigenvalue weighted by Gasteiger charge is 2.21. The zero-order valence-electron chi connectivity index (χ0n) is 9.61. The first-order chi connectivity index (χ1) is 7.75. The topological polar surface area (TPSA) is 45.5 Å². The third kappa shape index (κ3) is 2.85. The lowest BCUT2D eigenvalue weighted by molar-refractivity contribution is -0.127. The van der Waals surface area contributed by atoms with E-state index in [0.29, 0.717) is 12.5 Å². The Kier molecular flexibility index (Phi) is 3.62. The van der Waals surface area contributed by atoms with Gasteiger partial charge in [-0.3, -0.25) is 4.79 Å². The number of hydrogen-bond acceptors (Lipinski definition) is 3. The molecule has 1 atom stereocenters. The van der Waals surface area contributed by atoms with Gasteiger partial charge in [0.05, 0.1) is 12.8 Å². The number of furan rings is 1. The summed E-state index contributed by atoms with van der Waals surface area (Å²) in [7, 11) is 0. The maximum absolute atomic E-state index is 11.4. The van der Waals surface area contributed by atoms with Crippen LogP contribution < -0.4 is 5.32 Å². The maximum atomic E-state index is 11.4. The SMILES string of the molecule is CC(CN1CCCC1=O)NCc1ccco1. The van der Waals surface area contributed by atoms with Crippen molar-refractivity contribution in [3.8, 4) is 0 Å². The van der Waals surface area contributed by atoms with Gasteiger partial charge in [0.2, 0.25) is 5.91 Å². The van der Waals surface area contributed by atoms with Gasteiger partial charge in [0.1, 0.15) is 5.76 Å². The average molecular weight is 222 g/mol. The van der Waals surface area contributed by atoms with Crippen molar-refractivity contribution in [2.45, 2.75) is 32.4 Å². The molecule has 1 aromatic rings. The largest absolute Gasteiger partial charge is 0.468 e. The second kappa shape index (κ2) is 5.16. The Bertz CT molecular complexity index is 335. The lowest BCUT2D eigenvalue weighted by Gasteiger charge is -2.21. The van der Waals surface area contributed by atoms with E-state index in [2.05, 4.69) is 12.2 Å². The van der Waals surface area contributed by atoms with E-state index in [4.69, 9.17) is 4.42 Å². The van der Waals surface area contributed by atoms with Crippen molar-refractivity contribution in [2.24, 2.45) is 0 Å². The molecule has 1 saturated heterocycles. The van der Waals surface area contributed by atoms with Crippen LogP contribution in [0.15, 0.2) is 22.8 Å². The molecular weight excluding hydrogens is 204 g/mol. The summed E-state index contributed by atoms with van der Waals surface area (Å²) in [5, 5.41) is 3.34. The second-order valence-electron chi connectivity index (χ2n) is 4.30. The molecule has 1 aliphatic rings. The van der Waals surface area contributed by atoms with Crippen LogP contribution in [0.2, 0.25) is 0 Å². The monoisotopic (exact) mass is 222 g/mol. The van der Waals surface area contributed by atoms with Crippen LogP contribution >= 0.6 is 0 Å². The number of carbonyl (C=O) groups is 1. The molecule has 1 aliphatic heterocycles. The predicted octanol–water partition coefficient (Wildman–Crippen LogP) is 1.38. The Hall–Kier alpha value is -1.29. The smallest absolute Gasteiger partial charge is 0.222 e. The van der Waals surface area contributed by atoms with Gasteiger partial charge in [-0.25, -0.2) is 0 Å². The Balaban J connectivity index is 1.72. The van der Waals surface area contributed by atoms with Gasteiger partial charge in [0.15, 0.2) is 0 Å². The summed E-state index contributed by atoms with van der Waals surface area (Å²) in [4.78, 5) is 13.4. The molecule has 0 radical (unpaired) electrons. The molecule has 1 fully saturated rings. The number of nitrogens with one attached hydrogen (secondary N) is 1. The molecule has 4 nitrogen and oxygen atoms in total. The quantitative estimate of drug-likeness (QED) is 0.818. The third-order valence-corrected chi connectivity index (χ3v) is 2.87. The minimum atomic E-state index is 0.284. The van der Waals surface area contributed by atoms with E-state index in [1.165, 1.54) is 0 Å². The van der Waals surface area contributed by atoms with Crippen LogP contribution in [0.25, 0.3) is 0 Å². The van der Waals surface area contributed by atoms with E-state index >= 15 is 0 Å². The Morgan fingerprint density at radius 1 is 1.62 bits per heavy atom. The van der Waals surface area contributed by atoms with Crippen molar-refractivity contribution in [3.63, 3.8) is 0 Å². The molecule has 88 valence electrons. The number of hydrogen-bond donors (Lipinski definition) is 1. The van der Waals surface area contributed by atoms with Crippen molar-refractivity contribution >= 4 is 5.91 Å². The van der Waals surface area contributed by atoms with Crippen molar-refractivity contribution in [1.29, 1.82) is 0 Å². The Morgan fingerprint density at radius 3 is 3.12 bits per heavy atom. The van der Waals surface area contributed by atoms with Crippen LogP contribution in [0.3, 0.4) is 0 Å². The summed E-state index contributed by atoms with van der Waals surface area (Å²) in [6, 6.07) is 4.12. The minimum Gasteiger partial charge on any atom is -0.468 e. The first-order valence-corrected chi connectivity index (χ1v) is 5.79. The predicted molar refractivity (Wildman–Crippen MR) is 60.8 cm³/mol. The highest BCUT2D eigenvalue weighted by Crippen LogP contribution is 2.10. The van der Waals surface area contributed by atoms with Crippen molar-refractivity contribution < 1.29 is 9.21 Å². The number of carbonyl (C=O) groups excluding carboxylic acids is 1. The Labute approximate surface area is 95.6 Å². The van der Waals surface area contributed by atoms with Crippen molar-refractivity contribution in [3.05, 3.63) is 24.2 Å². The molecule has 2 heterocycles. The van der Waals surface area contributed by atoms with E-state index in [1.807, 2.05) is 17.0 Å². The van der Waals surface area contributed by atoms with Crippen LogP contribution in [-0.4, -0.2) is 29.9 Å². The highest BCUT2D eigenvalue weighted by molar-refractivity contribution is 5.78. The van der Waals surface area contributed by atoms with Gasteiger partial charge in [-0.15, -0.1) is 0 Å². The van der Waals surface area contributed by atoms with Crippen molar-refractivity contribution in [1.82, 2.24) is 10.2 Å². The molecule has 0 spiro atoms. The van der Waals surface area contributed by atoms with E-state index in [1.54, 1.807) is 6.26 Å². The van der Waals surface area contributed by atoms with Gasteiger partial charge in [0, 0.05) is 25.6 Å². The molecule has 0 bridgehead atoms. The van der Waals surface area contributed by atoms with E-state index in [9.17, 15) is 4.79 Å². The molecule has 1 unspecified atom stereocenters. The number of likely N-dealkylation sites (tertiary alicyclic amines) is 1. The summed E-state index contributed by atoms with van der Waals surface area (Å²) in [6.45, 7) is 4.51. The lowest BCUT2D eigenvalue weighted by Crippen LogP contribution is -2.39. The fraction of sp³-hybridized carbons (Fsp3) is 0.583. The summed E-state index contributed by atoms with van der Waals surface area (Å²) in [5.41, 5.74) is 0. The van der Waals surface area contributed by atoms with Gasteiger partial charge in [0.25, 0.3) is 0 Å². The molecular formula is C12H18N2O2. The zero-order chi connectivity index (χ0) is 11.4. The molecule has 0 saturated carbocycles. The fourth-order valence-electron chi connectivity index (χ4n) is 1.98. The van der Waals surface area contributed by atoms with E-state index in [0.717, 1.165) is 31.8 Å². The second-order valence-corrected chi connectivity index (χ2v) is 4.30. The minimum absolute atomic E-state index is 0.284. The van der Waals surface area contributed by atoms with Crippen molar-refractivity contribution in [2.75, 3.05) is 13.1 Å². The highest BCUT2D eigenvalue weighted by atomic mass is 16.3. The molecule has 1 N–H and O–H groups in total. The van der Waals surface area contributed by atoms with Gasteiger partial charge in [-0.1, -0.05) is 0 Å². The van der Waals surface area contributed by atoms with Crippen LogP contribution in [0.5, 0.6) is 0 Å². The van der Waals surface area contributed by atoms with Gasteiger partial charge in [-0.2, -0.15) is 0 Å². The van der Waals surface area contributed by atoms with Gasteiger partial charge in [-0.05, 0) is 25.5 Å². The summed E-state index contributed by atoms with van der Waals surface area (Å²) in [5.74, 6) is 1.21. The summed E-state index contributed by atoms with van der Waals surface area (Å²) in [6.07, 6.45) is 3.39. The Morgan fingerprint density at radius 2 is 2.50 bits per heavy atom. The summed E-state index contributed by atoms with van der Waals surface area (Å²) < 4.78 is 5.23. The summed E-state index contributed by atoms with van der Waals surface area (Å²) >= 11 is 0. The molecule has 2 rings (SSSR count). The third-order valence-electron chi connectivity index (χ3n) is 2.87. The van der Waals surface area contributed by atoms with Gasteiger partial charge < -0.3 is 14.6 Å². The van der Waals surface area contributed by atoms with Gasteiger partial charge >= 0.3 is 0 Å². The van der Waals surface area contributed by atoms with E-state index < -0.39 is 0 Å². The molecule has 1 amide bonds.